The Morgan fingerprint density at radius 2 is 1.80 bits per heavy atom. The summed E-state index contributed by atoms with van der Waals surface area (Å²) in [6, 6.07) is 0. The van der Waals surface area contributed by atoms with E-state index in [0.717, 1.165) is 25.7 Å². The zero-order chi connectivity index (χ0) is 18.7. The Hall–Kier alpha value is -0.900. The van der Waals surface area contributed by atoms with Gasteiger partial charge in [0, 0.05) is 0 Å². The number of hydrogen-bond donors (Lipinski definition) is 1. The van der Waals surface area contributed by atoms with E-state index in [1.54, 1.807) is 0 Å². The molecule has 3 rings (SSSR count). The molecular formula is C15H20F4O5S. The number of alkyl halides is 4. The number of carbonyl (C=O) groups is 1. The third-order valence-corrected chi connectivity index (χ3v) is 7.40. The van der Waals surface area contributed by atoms with Crippen LogP contribution in [-0.2, 0) is 19.6 Å². The molecule has 0 saturated heterocycles. The Morgan fingerprint density at radius 1 is 1.12 bits per heavy atom. The van der Waals surface area contributed by atoms with Gasteiger partial charge in [0.25, 0.3) is 0 Å². The van der Waals surface area contributed by atoms with E-state index in [1.807, 2.05) is 0 Å². The fourth-order valence-electron chi connectivity index (χ4n) is 4.93. The molecular weight excluding hydrogens is 368 g/mol. The normalized spacial score (nSPS) is 37.4. The summed E-state index contributed by atoms with van der Waals surface area (Å²) < 4.78 is 87.1. The van der Waals surface area contributed by atoms with Crippen molar-refractivity contribution >= 4 is 16.1 Å². The second-order valence-corrected chi connectivity index (χ2v) is 9.30. The lowest BCUT2D eigenvalue weighted by Crippen LogP contribution is -2.54. The molecule has 0 spiro atoms. The van der Waals surface area contributed by atoms with Crippen molar-refractivity contribution in [3.63, 3.8) is 0 Å². The van der Waals surface area contributed by atoms with Crippen LogP contribution >= 0.6 is 0 Å². The van der Waals surface area contributed by atoms with Crippen molar-refractivity contribution in [3.8, 4) is 0 Å². The summed E-state index contributed by atoms with van der Waals surface area (Å²) in [5.41, 5.74) is -0.962. The first-order chi connectivity index (χ1) is 11.4. The SMILES string of the molecule is O=C(OCC(F)(C(F)(F)F)S(=O)(=O)O)C12CCC3CCC(CC3C1)C2. The molecule has 144 valence electrons. The number of fused-ring (bicyclic) bond motifs is 2. The van der Waals surface area contributed by atoms with Crippen LogP contribution in [0.2, 0.25) is 0 Å². The van der Waals surface area contributed by atoms with Crippen LogP contribution in [-0.4, -0.2) is 36.7 Å². The van der Waals surface area contributed by atoms with Crippen molar-refractivity contribution in [3.05, 3.63) is 0 Å². The zero-order valence-corrected chi connectivity index (χ0v) is 14.2. The first-order valence-electron chi connectivity index (χ1n) is 8.28. The molecule has 3 saturated carbocycles. The van der Waals surface area contributed by atoms with Crippen LogP contribution in [0, 0.1) is 23.2 Å². The van der Waals surface area contributed by atoms with Crippen LogP contribution in [0.15, 0.2) is 0 Å². The Kier molecular flexibility index (Phi) is 4.38. The summed E-state index contributed by atoms with van der Waals surface area (Å²) in [5.74, 6) is 0.124. The third-order valence-electron chi connectivity index (χ3n) is 6.23. The lowest BCUT2D eigenvalue weighted by molar-refractivity contribution is -0.218. The van der Waals surface area contributed by atoms with Crippen LogP contribution in [0.3, 0.4) is 0 Å². The first-order valence-corrected chi connectivity index (χ1v) is 9.72. The third kappa shape index (κ3) is 3.05. The molecule has 0 amide bonds. The highest BCUT2D eigenvalue weighted by Gasteiger charge is 2.67. The average Bonchev–Trinajstić information content (AvgIpc) is 2.48. The minimum absolute atomic E-state index is 0.294. The molecule has 5 nitrogen and oxygen atoms in total. The summed E-state index contributed by atoms with van der Waals surface area (Å²) in [4.78, 5) is 12.5. The maximum absolute atomic E-state index is 14.0. The summed E-state index contributed by atoms with van der Waals surface area (Å²) in [6.07, 6.45) is -0.691. The van der Waals surface area contributed by atoms with Gasteiger partial charge in [-0.25, -0.2) is 4.39 Å². The van der Waals surface area contributed by atoms with Crippen LogP contribution in [0.5, 0.6) is 0 Å². The predicted molar refractivity (Wildman–Crippen MR) is 77.6 cm³/mol. The summed E-state index contributed by atoms with van der Waals surface area (Å²) in [7, 11) is -6.15. The standard InChI is InChI=1S/C15H20F4O5S/c16-14(15(17,18)19,25(21,22)23)8-24-12(20)13-4-3-10-2-1-9(6-13)5-11(10)7-13/h9-11H,1-8H2,(H,21,22,23). The highest BCUT2D eigenvalue weighted by Crippen LogP contribution is 2.58. The molecule has 5 unspecified atom stereocenters. The Balaban J connectivity index is 1.76. The van der Waals surface area contributed by atoms with E-state index >= 15 is 0 Å². The van der Waals surface area contributed by atoms with Crippen LogP contribution in [0.4, 0.5) is 17.6 Å². The van der Waals surface area contributed by atoms with E-state index < -0.39 is 39.3 Å². The van der Waals surface area contributed by atoms with Gasteiger partial charge >= 0.3 is 27.3 Å². The monoisotopic (exact) mass is 388 g/mol. The number of halogens is 4. The molecule has 10 heteroatoms. The van der Waals surface area contributed by atoms with Crippen molar-refractivity contribution in [2.45, 2.75) is 56.1 Å². The van der Waals surface area contributed by atoms with Crippen molar-refractivity contribution in [2.24, 2.45) is 23.2 Å². The maximum Gasteiger partial charge on any atom is 0.443 e. The summed E-state index contributed by atoms with van der Waals surface area (Å²) >= 11 is 0. The molecule has 0 aliphatic heterocycles. The molecule has 0 heterocycles. The van der Waals surface area contributed by atoms with Gasteiger partial charge in [-0.15, -0.1) is 0 Å². The van der Waals surface area contributed by atoms with E-state index in [-0.39, 0.29) is 0 Å². The van der Waals surface area contributed by atoms with E-state index in [0.29, 0.717) is 37.0 Å². The van der Waals surface area contributed by atoms with Gasteiger partial charge in [-0.1, -0.05) is 6.42 Å². The van der Waals surface area contributed by atoms with Crippen molar-refractivity contribution in [2.75, 3.05) is 6.61 Å². The van der Waals surface area contributed by atoms with Crippen molar-refractivity contribution < 1.29 is 40.1 Å². The minimum atomic E-state index is -6.15. The number of rotatable bonds is 4. The van der Waals surface area contributed by atoms with Gasteiger partial charge in [0.15, 0.2) is 6.61 Å². The average molecular weight is 388 g/mol. The molecule has 3 aliphatic carbocycles. The summed E-state index contributed by atoms with van der Waals surface area (Å²) in [6.45, 7) is -2.09. The second kappa shape index (κ2) is 5.80. The lowest BCUT2D eigenvalue weighted by Gasteiger charge is -2.53. The van der Waals surface area contributed by atoms with Gasteiger partial charge < -0.3 is 4.74 Å². The molecule has 25 heavy (non-hydrogen) atoms. The first kappa shape index (κ1) is 18.9. The molecule has 0 aromatic carbocycles. The minimum Gasteiger partial charge on any atom is -0.460 e. The van der Waals surface area contributed by atoms with Gasteiger partial charge in [0.05, 0.1) is 5.41 Å². The van der Waals surface area contributed by atoms with Crippen molar-refractivity contribution in [1.82, 2.24) is 0 Å². The molecule has 5 atom stereocenters. The lowest BCUT2D eigenvalue weighted by atomic mass is 9.51. The number of ether oxygens (including phenoxy) is 1. The van der Waals surface area contributed by atoms with Crippen molar-refractivity contribution in [1.29, 1.82) is 0 Å². The quantitative estimate of drug-likeness (QED) is 0.454. The molecule has 0 aromatic heterocycles. The maximum atomic E-state index is 14.0. The molecule has 3 bridgehead atoms. The van der Waals surface area contributed by atoms with Gasteiger partial charge in [0.1, 0.15) is 0 Å². The topological polar surface area (TPSA) is 80.7 Å². The molecule has 0 radical (unpaired) electrons. The van der Waals surface area contributed by atoms with Crippen LogP contribution < -0.4 is 0 Å². The Bertz CT molecular complexity index is 659. The van der Waals surface area contributed by atoms with E-state index in [4.69, 9.17) is 4.55 Å². The second-order valence-electron chi connectivity index (χ2n) is 7.70. The molecule has 1 N–H and O–H groups in total. The molecule has 0 aromatic rings. The number of esters is 1. The van der Waals surface area contributed by atoms with Crippen LogP contribution in [0.25, 0.3) is 0 Å². The van der Waals surface area contributed by atoms with Gasteiger partial charge in [-0.05, 0) is 56.3 Å². The molecule has 3 fully saturated rings. The molecule has 3 aliphatic rings. The van der Waals surface area contributed by atoms with Crippen LogP contribution in [0.1, 0.15) is 44.9 Å². The van der Waals surface area contributed by atoms with E-state index in [1.165, 1.54) is 0 Å². The fourth-order valence-corrected chi connectivity index (χ4v) is 5.43. The number of carbonyl (C=O) groups excluding carboxylic acids is 1. The van der Waals surface area contributed by atoms with Gasteiger partial charge in [0.2, 0.25) is 0 Å². The van der Waals surface area contributed by atoms with E-state index in [2.05, 4.69) is 4.74 Å². The van der Waals surface area contributed by atoms with Gasteiger partial charge in [-0.3, -0.25) is 9.35 Å². The Morgan fingerprint density at radius 3 is 2.40 bits per heavy atom. The largest absolute Gasteiger partial charge is 0.460 e. The van der Waals surface area contributed by atoms with E-state index in [9.17, 15) is 30.8 Å². The zero-order valence-electron chi connectivity index (χ0n) is 13.4. The highest BCUT2D eigenvalue weighted by atomic mass is 32.2. The highest BCUT2D eigenvalue weighted by molar-refractivity contribution is 7.87. The smallest absolute Gasteiger partial charge is 0.443 e. The predicted octanol–water partition coefficient (Wildman–Crippen LogP) is 3.25. The van der Waals surface area contributed by atoms with Gasteiger partial charge in [-0.2, -0.15) is 21.6 Å². The fraction of sp³-hybridized carbons (Fsp3) is 0.933. The number of hydrogen-bond acceptors (Lipinski definition) is 4. The Labute approximate surface area is 142 Å². The summed E-state index contributed by atoms with van der Waals surface area (Å²) in [5, 5.41) is -5.02.